The first-order chi connectivity index (χ1) is 9.10. The van der Waals surface area contributed by atoms with E-state index in [1.807, 2.05) is 11.7 Å². The van der Waals surface area contributed by atoms with Crippen LogP contribution in [-0.2, 0) is 6.54 Å². The molecular formula is C15H27N3S. The normalized spacial score (nSPS) is 23.9. The Labute approximate surface area is 121 Å². The number of piperazine rings is 1. The monoisotopic (exact) mass is 281 g/mol. The molecule has 19 heavy (non-hydrogen) atoms. The Bertz CT molecular complexity index is 371. The molecule has 4 heteroatoms. The van der Waals surface area contributed by atoms with Crippen LogP contribution in [0, 0.1) is 5.92 Å². The Kier molecular flexibility index (Phi) is 4.98. The molecule has 2 heterocycles. The maximum Gasteiger partial charge on any atom is 0.0794 e. The Morgan fingerprint density at radius 3 is 2.74 bits per heavy atom. The molecule has 1 aromatic rings. The average Bonchev–Trinajstić information content (AvgIpc) is 2.91. The van der Waals surface area contributed by atoms with Crippen molar-refractivity contribution in [2.45, 2.75) is 58.7 Å². The maximum absolute atomic E-state index is 4.21. The fourth-order valence-corrected chi connectivity index (χ4v) is 3.71. The largest absolute Gasteiger partial charge is 0.308 e. The van der Waals surface area contributed by atoms with Crippen molar-refractivity contribution in [1.29, 1.82) is 0 Å². The minimum Gasteiger partial charge on any atom is -0.308 e. The molecule has 0 bridgehead atoms. The summed E-state index contributed by atoms with van der Waals surface area (Å²) in [4.78, 5) is 8.26. The number of rotatable bonds is 5. The third kappa shape index (κ3) is 3.36. The summed E-state index contributed by atoms with van der Waals surface area (Å²) in [6.07, 6.45) is 4.42. The van der Waals surface area contributed by atoms with Crippen LogP contribution < -0.4 is 5.32 Å². The molecule has 0 saturated carbocycles. The molecule has 108 valence electrons. The van der Waals surface area contributed by atoms with Crippen LogP contribution in [0.2, 0.25) is 0 Å². The molecule has 1 saturated heterocycles. The van der Waals surface area contributed by atoms with Crippen molar-refractivity contribution in [3.8, 4) is 0 Å². The van der Waals surface area contributed by atoms with Gasteiger partial charge in [-0.1, -0.05) is 27.7 Å². The number of hydrogen-bond acceptors (Lipinski definition) is 4. The van der Waals surface area contributed by atoms with Gasteiger partial charge in [-0.05, 0) is 18.8 Å². The molecule has 3 nitrogen and oxygen atoms in total. The average molecular weight is 281 g/mol. The van der Waals surface area contributed by atoms with Crippen molar-refractivity contribution in [3.05, 3.63) is 16.6 Å². The lowest BCUT2D eigenvalue weighted by atomic mass is 9.86. The zero-order valence-electron chi connectivity index (χ0n) is 12.6. The summed E-state index contributed by atoms with van der Waals surface area (Å²) in [6.45, 7) is 12.6. The highest BCUT2D eigenvalue weighted by molar-refractivity contribution is 7.09. The van der Waals surface area contributed by atoms with E-state index in [4.69, 9.17) is 0 Å². The smallest absolute Gasteiger partial charge is 0.0794 e. The topological polar surface area (TPSA) is 28.2 Å². The van der Waals surface area contributed by atoms with Crippen molar-refractivity contribution < 1.29 is 0 Å². The molecule has 0 spiro atoms. The second-order valence-corrected chi connectivity index (χ2v) is 7.02. The van der Waals surface area contributed by atoms with Gasteiger partial charge in [0.1, 0.15) is 0 Å². The van der Waals surface area contributed by atoms with Crippen molar-refractivity contribution in [2.24, 2.45) is 5.92 Å². The molecule has 1 N–H and O–H groups in total. The molecule has 1 aliphatic heterocycles. The predicted octanol–water partition coefficient (Wildman–Crippen LogP) is 3.13. The summed E-state index contributed by atoms with van der Waals surface area (Å²) in [5.74, 6) is 0.687. The van der Waals surface area contributed by atoms with E-state index in [0.717, 1.165) is 19.6 Å². The highest BCUT2D eigenvalue weighted by Gasteiger charge is 2.37. The van der Waals surface area contributed by atoms with E-state index >= 15 is 0 Å². The van der Waals surface area contributed by atoms with Crippen molar-refractivity contribution in [2.75, 3.05) is 13.1 Å². The Hall–Kier alpha value is -0.450. The first kappa shape index (κ1) is 14.9. The summed E-state index contributed by atoms with van der Waals surface area (Å²) >= 11 is 1.77. The summed E-state index contributed by atoms with van der Waals surface area (Å²) in [5, 5.41) is 3.82. The molecule has 1 atom stereocenters. The standard InChI is InChI=1S/C15H27N3S/c1-5-15(6-2)10-18(9-13-7-16-11-19-13)14(8-17-15)12(3)4/h7,11-12,14,17H,5-6,8-10H2,1-4H3. The molecule has 0 aromatic carbocycles. The molecule has 0 aliphatic carbocycles. The molecular weight excluding hydrogens is 254 g/mol. The highest BCUT2D eigenvalue weighted by Crippen LogP contribution is 2.27. The van der Waals surface area contributed by atoms with Gasteiger partial charge in [-0.3, -0.25) is 9.88 Å². The second kappa shape index (κ2) is 6.33. The number of nitrogens with one attached hydrogen (secondary N) is 1. The van der Waals surface area contributed by atoms with Crippen LogP contribution >= 0.6 is 11.3 Å². The second-order valence-electron chi connectivity index (χ2n) is 6.05. The van der Waals surface area contributed by atoms with Gasteiger partial charge in [0.05, 0.1) is 5.51 Å². The van der Waals surface area contributed by atoms with Crippen molar-refractivity contribution in [1.82, 2.24) is 15.2 Å². The Morgan fingerprint density at radius 2 is 2.21 bits per heavy atom. The number of aromatic nitrogens is 1. The van der Waals surface area contributed by atoms with Crippen molar-refractivity contribution in [3.63, 3.8) is 0 Å². The van der Waals surface area contributed by atoms with Crippen LogP contribution in [0.25, 0.3) is 0 Å². The molecule has 2 rings (SSSR count). The van der Waals surface area contributed by atoms with Gasteiger partial charge < -0.3 is 5.32 Å². The van der Waals surface area contributed by atoms with E-state index in [0.29, 0.717) is 17.5 Å². The van der Waals surface area contributed by atoms with Gasteiger partial charge in [0, 0.05) is 42.3 Å². The lowest BCUT2D eigenvalue weighted by Crippen LogP contribution is -2.64. The van der Waals surface area contributed by atoms with Gasteiger partial charge in [0.2, 0.25) is 0 Å². The maximum atomic E-state index is 4.21. The Morgan fingerprint density at radius 1 is 1.47 bits per heavy atom. The van der Waals surface area contributed by atoms with E-state index in [2.05, 4.69) is 42.9 Å². The van der Waals surface area contributed by atoms with Crippen LogP contribution in [0.15, 0.2) is 11.7 Å². The zero-order valence-corrected chi connectivity index (χ0v) is 13.5. The fraction of sp³-hybridized carbons (Fsp3) is 0.800. The summed E-state index contributed by atoms with van der Waals surface area (Å²) < 4.78 is 0. The molecule has 1 unspecified atom stereocenters. The van der Waals surface area contributed by atoms with E-state index in [9.17, 15) is 0 Å². The van der Waals surface area contributed by atoms with Gasteiger partial charge in [-0.2, -0.15) is 0 Å². The first-order valence-electron chi connectivity index (χ1n) is 7.46. The third-order valence-electron chi connectivity index (χ3n) is 4.63. The van der Waals surface area contributed by atoms with E-state index in [1.54, 1.807) is 11.3 Å². The van der Waals surface area contributed by atoms with E-state index in [1.165, 1.54) is 17.7 Å². The van der Waals surface area contributed by atoms with Crippen LogP contribution in [-0.4, -0.2) is 34.6 Å². The summed E-state index contributed by atoms with van der Waals surface area (Å²) in [7, 11) is 0. The fourth-order valence-electron chi connectivity index (χ4n) is 3.09. The summed E-state index contributed by atoms with van der Waals surface area (Å²) in [6, 6.07) is 0.633. The SMILES string of the molecule is CCC1(CC)CN(Cc2cncs2)C(C(C)C)CN1. The molecule has 1 aliphatic rings. The lowest BCUT2D eigenvalue weighted by molar-refractivity contribution is 0.0450. The minimum atomic E-state index is 0.302. The van der Waals surface area contributed by atoms with Gasteiger partial charge in [-0.15, -0.1) is 11.3 Å². The number of thiazole rings is 1. The van der Waals surface area contributed by atoms with Crippen LogP contribution in [0.5, 0.6) is 0 Å². The highest BCUT2D eigenvalue weighted by atomic mass is 32.1. The quantitative estimate of drug-likeness (QED) is 0.899. The summed E-state index contributed by atoms with van der Waals surface area (Å²) in [5.41, 5.74) is 2.24. The van der Waals surface area contributed by atoms with Crippen molar-refractivity contribution >= 4 is 11.3 Å². The number of hydrogen-bond donors (Lipinski definition) is 1. The zero-order chi connectivity index (χ0) is 13.9. The molecule has 0 radical (unpaired) electrons. The van der Waals surface area contributed by atoms with Gasteiger partial charge in [0.15, 0.2) is 0 Å². The first-order valence-corrected chi connectivity index (χ1v) is 8.34. The van der Waals surface area contributed by atoms with Gasteiger partial charge >= 0.3 is 0 Å². The van der Waals surface area contributed by atoms with Crippen LogP contribution in [0.1, 0.15) is 45.4 Å². The molecule has 0 amide bonds. The van der Waals surface area contributed by atoms with Crippen LogP contribution in [0.4, 0.5) is 0 Å². The van der Waals surface area contributed by atoms with E-state index < -0.39 is 0 Å². The third-order valence-corrected chi connectivity index (χ3v) is 5.39. The van der Waals surface area contributed by atoms with Crippen LogP contribution in [0.3, 0.4) is 0 Å². The molecule has 1 fully saturated rings. The van der Waals surface area contributed by atoms with E-state index in [-0.39, 0.29) is 0 Å². The lowest BCUT2D eigenvalue weighted by Gasteiger charge is -2.48. The number of nitrogens with zero attached hydrogens (tertiary/aromatic N) is 2. The van der Waals surface area contributed by atoms with Gasteiger partial charge in [0.25, 0.3) is 0 Å². The Balaban J connectivity index is 2.12. The minimum absolute atomic E-state index is 0.302. The molecule has 1 aromatic heterocycles. The van der Waals surface area contributed by atoms with Gasteiger partial charge in [-0.25, -0.2) is 0 Å². The predicted molar refractivity (Wildman–Crippen MR) is 82.5 cm³/mol.